The molecule has 0 aliphatic rings. The van der Waals surface area contributed by atoms with Crippen molar-refractivity contribution in [3.63, 3.8) is 0 Å². The van der Waals surface area contributed by atoms with E-state index in [1.807, 2.05) is 60.7 Å². The van der Waals surface area contributed by atoms with Gasteiger partial charge in [-0.05, 0) is 36.8 Å². The van der Waals surface area contributed by atoms with Crippen LogP contribution in [0, 0.1) is 10.8 Å². The maximum atomic E-state index is 12.5. The number of carbonyl (C=O) groups is 2. The van der Waals surface area contributed by atoms with Crippen molar-refractivity contribution >= 4 is 11.9 Å². The van der Waals surface area contributed by atoms with Crippen LogP contribution in [-0.4, -0.2) is 22.2 Å². The van der Waals surface area contributed by atoms with Gasteiger partial charge in [0.15, 0.2) is 0 Å². The van der Waals surface area contributed by atoms with E-state index in [1.165, 1.54) is 0 Å². The van der Waals surface area contributed by atoms with Gasteiger partial charge in [-0.2, -0.15) is 0 Å². The van der Waals surface area contributed by atoms with Crippen molar-refractivity contribution in [3.05, 3.63) is 71.8 Å². The minimum absolute atomic E-state index is 0.187. The third-order valence-electron chi connectivity index (χ3n) is 5.64. The molecule has 0 aliphatic heterocycles. The molecule has 0 radical (unpaired) electrons. The largest absolute Gasteiger partial charge is 0.481 e. The van der Waals surface area contributed by atoms with Crippen molar-refractivity contribution in [1.82, 2.24) is 0 Å². The van der Waals surface area contributed by atoms with Gasteiger partial charge in [0.05, 0.1) is 10.8 Å². The molecular formula is C22H26O4. The van der Waals surface area contributed by atoms with E-state index in [4.69, 9.17) is 0 Å². The minimum atomic E-state index is -1.40. The summed E-state index contributed by atoms with van der Waals surface area (Å²) in [5.41, 5.74) is -1.12. The van der Waals surface area contributed by atoms with E-state index in [9.17, 15) is 19.8 Å². The number of hydrogen-bond acceptors (Lipinski definition) is 2. The summed E-state index contributed by atoms with van der Waals surface area (Å²) in [5.74, 6) is -2.10. The third-order valence-corrected chi connectivity index (χ3v) is 5.64. The molecule has 0 spiro atoms. The summed E-state index contributed by atoms with van der Waals surface area (Å²) in [7, 11) is 0. The van der Waals surface area contributed by atoms with E-state index in [2.05, 4.69) is 0 Å². The second-order valence-electron chi connectivity index (χ2n) is 6.81. The van der Waals surface area contributed by atoms with Crippen LogP contribution in [0.15, 0.2) is 60.7 Å². The molecule has 0 aliphatic carbocycles. The predicted octanol–water partition coefficient (Wildman–Crippen LogP) is 4.43. The van der Waals surface area contributed by atoms with E-state index in [0.717, 1.165) is 11.1 Å². The van der Waals surface area contributed by atoms with Crippen LogP contribution in [0.2, 0.25) is 0 Å². The first-order chi connectivity index (χ1) is 12.4. The SMILES string of the molecule is CCC(Cc1ccccc1)(C(=O)O)C(CC)(Cc1ccccc1)C(=O)O. The van der Waals surface area contributed by atoms with Gasteiger partial charge in [0.2, 0.25) is 0 Å². The Hall–Kier alpha value is -2.62. The predicted molar refractivity (Wildman–Crippen MR) is 101 cm³/mol. The minimum Gasteiger partial charge on any atom is -0.481 e. The molecule has 4 heteroatoms. The molecule has 0 fully saturated rings. The molecule has 2 rings (SSSR count). The molecule has 0 saturated carbocycles. The molecule has 0 heterocycles. The first-order valence-corrected chi connectivity index (χ1v) is 8.96. The highest BCUT2D eigenvalue weighted by Crippen LogP contribution is 2.50. The van der Waals surface area contributed by atoms with E-state index in [-0.39, 0.29) is 25.7 Å². The number of aliphatic carboxylic acids is 2. The van der Waals surface area contributed by atoms with Crippen molar-refractivity contribution in [3.8, 4) is 0 Å². The van der Waals surface area contributed by atoms with E-state index in [0.29, 0.717) is 0 Å². The molecule has 0 bridgehead atoms. The van der Waals surface area contributed by atoms with Gasteiger partial charge >= 0.3 is 11.9 Å². The molecule has 4 nitrogen and oxygen atoms in total. The zero-order valence-electron chi connectivity index (χ0n) is 15.3. The molecular weight excluding hydrogens is 328 g/mol. The highest BCUT2D eigenvalue weighted by molar-refractivity contribution is 5.87. The molecule has 138 valence electrons. The zero-order chi connectivity index (χ0) is 19.2. The third kappa shape index (κ3) is 3.50. The van der Waals surface area contributed by atoms with Gasteiger partial charge < -0.3 is 10.2 Å². The van der Waals surface area contributed by atoms with Gasteiger partial charge in [-0.25, -0.2) is 0 Å². The van der Waals surface area contributed by atoms with E-state index in [1.54, 1.807) is 13.8 Å². The monoisotopic (exact) mass is 354 g/mol. The van der Waals surface area contributed by atoms with Gasteiger partial charge in [0.25, 0.3) is 0 Å². The Morgan fingerprint density at radius 1 is 0.692 bits per heavy atom. The van der Waals surface area contributed by atoms with Gasteiger partial charge in [-0.1, -0.05) is 74.5 Å². The van der Waals surface area contributed by atoms with Crippen molar-refractivity contribution in [2.45, 2.75) is 39.5 Å². The highest BCUT2D eigenvalue weighted by Gasteiger charge is 2.59. The fourth-order valence-electron chi connectivity index (χ4n) is 4.02. The smallest absolute Gasteiger partial charge is 0.311 e. The average Bonchev–Trinajstić information content (AvgIpc) is 2.65. The molecule has 2 unspecified atom stereocenters. The molecule has 2 N–H and O–H groups in total. The Bertz CT molecular complexity index is 676. The maximum Gasteiger partial charge on any atom is 0.311 e. The number of benzene rings is 2. The molecule has 26 heavy (non-hydrogen) atoms. The summed E-state index contributed by atoms with van der Waals surface area (Å²) in [5, 5.41) is 20.4. The van der Waals surface area contributed by atoms with Crippen molar-refractivity contribution in [1.29, 1.82) is 0 Å². The lowest BCUT2D eigenvalue weighted by Gasteiger charge is -2.45. The zero-order valence-corrected chi connectivity index (χ0v) is 15.3. The standard InChI is InChI=1S/C22H26O4/c1-3-21(19(23)24,15-17-11-7-5-8-12-17)22(4-2,20(25)26)16-18-13-9-6-10-14-18/h5-14H,3-4,15-16H2,1-2H3,(H,23,24)(H,25,26). The lowest BCUT2D eigenvalue weighted by Crippen LogP contribution is -2.54. The molecule has 0 saturated heterocycles. The van der Waals surface area contributed by atoms with Crippen molar-refractivity contribution < 1.29 is 19.8 Å². The van der Waals surface area contributed by atoms with Crippen LogP contribution in [0.1, 0.15) is 37.8 Å². The number of rotatable bonds is 9. The first-order valence-electron chi connectivity index (χ1n) is 8.96. The lowest BCUT2D eigenvalue weighted by atomic mass is 9.55. The number of carboxylic acids is 2. The normalized spacial score (nSPS) is 15.6. The van der Waals surface area contributed by atoms with Crippen molar-refractivity contribution in [2.75, 3.05) is 0 Å². The molecule has 2 aromatic carbocycles. The van der Waals surface area contributed by atoms with Crippen LogP contribution >= 0.6 is 0 Å². The van der Waals surface area contributed by atoms with Gasteiger partial charge in [-0.3, -0.25) is 9.59 Å². The summed E-state index contributed by atoms with van der Waals surface area (Å²) in [6.45, 7) is 3.55. The Morgan fingerprint density at radius 3 is 1.23 bits per heavy atom. The Labute approximate surface area is 154 Å². The fraction of sp³-hybridized carbons (Fsp3) is 0.364. The number of carboxylic acid groups (broad SMARTS) is 2. The summed E-state index contributed by atoms with van der Waals surface area (Å²) >= 11 is 0. The molecule has 2 atom stereocenters. The van der Waals surface area contributed by atoms with Crippen LogP contribution < -0.4 is 0 Å². The summed E-state index contributed by atoms with van der Waals surface area (Å²) in [6.07, 6.45) is 0.855. The fourth-order valence-corrected chi connectivity index (χ4v) is 4.02. The van der Waals surface area contributed by atoms with E-state index >= 15 is 0 Å². The van der Waals surface area contributed by atoms with Gasteiger partial charge in [-0.15, -0.1) is 0 Å². The molecule has 2 aromatic rings. The summed E-state index contributed by atoms with van der Waals surface area (Å²) in [6, 6.07) is 18.6. The van der Waals surface area contributed by atoms with Gasteiger partial charge in [0, 0.05) is 0 Å². The van der Waals surface area contributed by atoms with Crippen LogP contribution in [0.5, 0.6) is 0 Å². The van der Waals surface area contributed by atoms with Crippen LogP contribution in [0.3, 0.4) is 0 Å². The maximum absolute atomic E-state index is 12.5. The van der Waals surface area contributed by atoms with Crippen LogP contribution in [0.4, 0.5) is 0 Å². The highest BCUT2D eigenvalue weighted by atomic mass is 16.4. The Kier molecular flexibility index (Phi) is 6.19. The Morgan fingerprint density at radius 2 is 1.00 bits per heavy atom. The summed E-state index contributed by atoms with van der Waals surface area (Å²) < 4.78 is 0. The van der Waals surface area contributed by atoms with Crippen LogP contribution in [0.25, 0.3) is 0 Å². The van der Waals surface area contributed by atoms with Gasteiger partial charge in [0.1, 0.15) is 0 Å². The van der Waals surface area contributed by atoms with Crippen molar-refractivity contribution in [2.24, 2.45) is 10.8 Å². The second kappa shape index (κ2) is 8.17. The van der Waals surface area contributed by atoms with Crippen LogP contribution in [-0.2, 0) is 22.4 Å². The Balaban J connectivity index is 2.61. The number of hydrogen-bond donors (Lipinski definition) is 2. The second-order valence-corrected chi connectivity index (χ2v) is 6.81. The molecule has 0 amide bonds. The lowest BCUT2D eigenvalue weighted by molar-refractivity contribution is -0.176. The topological polar surface area (TPSA) is 74.6 Å². The summed E-state index contributed by atoms with van der Waals surface area (Å²) in [4.78, 5) is 25.0. The molecule has 0 aromatic heterocycles. The quantitative estimate of drug-likeness (QED) is 0.698. The first kappa shape index (κ1) is 19.7. The average molecular weight is 354 g/mol. The van der Waals surface area contributed by atoms with E-state index < -0.39 is 22.8 Å².